The molecular weight excluding hydrogens is 388 g/mol. The molecule has 1 fully saturated rings. The number of anilines is 2. The number of rotatable bonds is 7. The minimum absolute atomic E-state index is 0.0596. The van der Waals surface area contributed by atoms with Crippen LogP contribution < -0.4 is 10.2 Å². The molecule has 1 saturated heterocycles. The summed E-state index contributed by atoms with van der Waals surface area (Å²) in [6, 6.07) is 15.4. The Morgan fingerprint density at radius 1 is 1.17 bits per heavy atom. The van der Waals surface area contributed by atoms with Crippen LogP contribution in [0.25, 0.3) is 0 Å². The number of benzene rings is 2. The fourth-order valence-electron chi connectivity index (χ4n) is 3.13. The molecule has 1 aliphatic heterocycles. The lowest BCUT2D eigenvalue weighted by molar-refractivity contribution is -0.144. The average Bonchev–Trinajstić information content (AvgIpc) is 3.09. The molecule has 152 valence electrons. The van der Waals surface area contributed by atoms with Gasteiger partial charge in [0.05, 0.1) is 18.8 Å². The summed E-state index contributed by atoms with van der Waals surface area (Å²) in [5, 5.41) is 2.68. The van der Waals surface area contributed by atoms with Crippen molar-refractivity contribution in [1.29, 1.82) is 0 Å². The summed E-state index contributed by atoms with van der Waals surface area (Å²) in [4.78, 5) is 37.6. The van der Waals surface area contributed by atoms with Crippen molar-refractivity contribution in [3.63, 3.8) is 0 Å². The van der Waals surface area contributed by atoms with Gasteiger partial charge >= 0.3 is 5.97 Å². The van der Waals surface area contributed by atoms with Crippen LogP contribution in [0.1, 0.15) is 36.3 Å². The zero-order valence-corrected chi connectivity index (χ0v) is 17.3. The number of thioether (sulfide) groups is 1. The van der Waals surface area contributed by atoms with E-state index in [0.29, 0.717) is 18.0 Å². The summed E-state index contributed by atoms with van der Waals surface area (Å²) in [6.07, 6.45) is 0.138. The number of carbonyl (C=O) groups excluding carboxylic acids is 3. The van der Waals surface area contributed by atoms with Gasteiger partial charge in [-0.15, -0.1) is 11.8 Å². The third kappa shape index (κ3) is 5.38. The third-order valence-electron chi connectivity index (χ3n) is 4.49. The predicted molar refractivity (Wildman–Crippen MR) is 115 cm³/mol. The molecule has 1 unspecified atom stereocenters. The molecule has 2 aromatic rings. The van der Waals surface area contributed by atoms with E-state index in [1.54, 1.807) is 18.7 Å². The first kappa shape index (κ1) is 20.9. The number of amides is 2. The number of ether oxygens (including phenoxy) is 1. The van der Waals surface area contributed by atoms with Crippen molar-refractivity contribution in [3.05, 3.63) is 59.7 Å². The van der Waals surface area contributed by atoms with Crippen molar-refractivity contribution in [3.8, 4) is 0 Å². The van der Waals surface area contributed by atoms with Crippen molar-refractivity contribution in [1.82, 2.24) is 0 Å². The molecule has 7 heteroatoms. The van der Waals surface area contributed by atoms with Crippen molar-refractivity contribution in [2.24, 2.45) is 0 Å². The standard InChI is InChI=1S/C22H24N2O4S/c1-3-28-21(27)12-11-19(25)23-17-9-7-16(8-10-17)22-24(20(26)14-29-22)18-6-4-5-15(2)13-18/h4-10,13,22H,3,11-12,14H2,1-2H3,(H,23,25). The Kier molecular flexibility index (Phi) is 6.93. The van der Waals surface area contributed by atoms with Crippen molar-refractivity contribution < 1.29 is 19.1 Å². The maximum Gasteiger partial charge on any atom is 0.306 e. The van der Waals surface area contributed by atoms with Gasteiger partial charge in [0.2, 0.25) is 11.8 Å². The van der Waals surface area contributed by atoms with E-state index in [4.69, 9.17) is 4.74 Å². The van der Waals surface area contributed by atoms with E-state index < -0.39 is 0 Å². The number of nitrogens with zero attached hydrogens (tertiary/aromatic N) is 1. The quantitative estimate of drug-likeness (QED) is 0.694. The van der Waals surface area contributed by atoms with Gasteiger partial charge in [-0.05, 0) is 49.2 Å². The summed E-state index contributed by atoms with van der Waals surface area (Å²) >= 11 is 1.59. The minimum atomic E-state index is -0.378. The number of aryl methyl sites for hydroxylation is 1. The van der Waals surface area contributed by atoms with Crippen LogP contribution >= 0.6 is 11.8 Å². The molecule has 0 aromatic heterocycles. The monoisotopic (exact) mass is 412 g/mol. The van der Waals surface area contributed by atoms with Crippen LogP contribution in [0.3, 0.4) is 0 Å². The molecule has 1 atom stereocenters. The Bertz CT molecular complexity index is 898. The molecule has 0 radical (unpaired) electrons. The highest BCUT2D eigenvalue weighted by Crippen LogP contribution is 2.42. The summed E-state index contributed by atoms with van der Waals surface area (Å²) < 4.78 is 4.82. The number of nitrogens with one attached hydrogen (secondary N) is 1. The molecule has 0 saturated carbocycles. The first-order chi connectivity index (χ1) is 14.0. The molecule has 1 N–H and O–H groups in total. The lowest BCUT2D eigenvalue weighted by Crippen LogP contribution is -2.27. The molecule has 1 heterocycles. The van der Waals surface area contributed by atoms with Gasteiger partial charge in [-0.2, -0.15) is 0 Å². The lowest BCUT2D eigenvalue weighted by atomic mass is 10.1. The van der Waals surface area contributed by atoms with E-state index in [1.807, 2.05) is 60.4 Å². The zero-order chi connectivity index (χ0) is 20.8. The van der Waals surface area contributed by atoms with E-state index in [2.05, 4.69) is 5.32 Å². The molecule has 6 nitrogen and oxygen atoms in total. The van der Waals surface area contributed by atoms with Gasteiger partial charge in [0.1, 0.15) is 5.37 Å². The second-order valence-corrected chi connectivity index (χ2v) is 7.81. The Hall–Kier alpha value is -2.80. The maximum absolute atomic E-state index is 12.5. The van der Waals surface area contributed by atoms with Gasteiger partial charge in [0, 0.05) is 17.8 Å². The normalized spacial score (nSPS) is 16.0. The van der Waals surface area contributed by atoms with Crippen molar-refractivity contribution in [2.45, 2.75) is 32.1 Å². The van der Waals surface area contributed by atoms with Crippen molar-refractivity contribution >= 4 is 40.9 Å². The zero-order valence-electron chi connectivity index (χ0n) is 16.5. The molecule has 0 spiro atoms. The third-order valence-corrected chi connectivity index (χ3v) is 5.70. The fourth-order valence-corrected chi connectivity index (χ4v) is 4.31. The molecule has 2 aromatic carbocycles. The maximum atomic E-state index is 12.5. The van der Waals surface area contributed by atoms with Gasteiger partial charge in [-0.25, -0.2) is 0 Å². The van der Waals surface area contributed by atoms with E-state index in [0.717, 1.165) is 16.8 Å². The number of hydrogen-bond donors (Lipinski definition) is 1. The topological polar surface area (TPSA) is 75.7 Å². The van der Waals surface area contributed by atoms with Crippen LogP contribution in [0.5, 0.6) is 0 Å². The van der Waals surface area contributed by atoms with E-state index >= 15 is 0 Å². The van der Waals surface area contributed by atoms with Crippen LogP contribution in [-0.2, 0) is 19.1 Å². The Morgan fingerprint density at radius 2 is 1.93 bits per heavy atom. The Balaban J connectivity index is 1.65. The SMILES string of the molecule is CCOC(=O)CCC(=O)Nc1ccc(C2SCC(=O)N2c2cccc(C)c2)cc1. The number of hydrogen-bond acceptors (Lipinski definition) is 5. The van der Waals surface area contributed by atoms with Gasteiger partial charge in [-0.3, -0.25) is 19.3 Å². The van der Waals surface area contributed by atoms with E-state index in [9.17, 15) is 14.4 Å². The molecule has 1 aliphatic rings. The highest BCUT2D eigenvalue weighted by molar-refractivity contribution is 8.00. The van der Waals surface area contributed by atoms with E-state index in [1.165, 1.54) is 0 Å². The highest BCUT2D eigenvalue weighted by atomic mass is 32.2. The first-order valence-electron chi connectivity index (χ1n) is 9.53. The van der Waals surface area contributed by atoms with Crippen LogP contribution in [0.4, 0.5) is 11.4 Å². The lowest BCUT2D eigenvalue weighted by Gasteiger charge is -2.25. The largest absolute Gasteiger partial charge is 0.466 e. The van der Waals surface area contributed by atoms with Crippen LogP contribution in [0, 0.1) is 6.92 Å². The van der Waals surface area contributed by atoms with Crippen molar-refractivity contribution in [2.75, 3.05) is 22.6 Å². The number of esters is 1. The smallest absolute Gasteiger partial charge is 0.306 e. The van der Waals surface area contributed by atoms with Gasteiger partial charge in [0.25, 0.3) is 0 Å². The summed E-state index contributed by atoms with van der Waals surface area (Å²) in [7, 11) is 0. The molecule has 0 aliphatic carbocycles. The second-order valence-electron chi connectivity index (χ2n) is 6.74. The summed E-state index contributed by atoms with van der Waals surface area (Å²) in [5.74, 6) is -0.0953. The molecule has 2 amide bonds. The summed E-state index contributed by atoms with van der Waals surface area (Å²) in [5.41, 5.74) is 3.64. The van der Waals surface area contributed by atoms with Crippen LogP contribution in [0.2, 0.25) is 0 Å². The molecule has 29 heavy (non-hydrogen) atoms. The Morgan fingerprint density at radius 3 is 2.62 bits per heavy atom. The van der Waals surface area contributed by atoms with Crippen LogP contribution in [0.15, 0.2) is 48.5 Å². The molecular formula is C22H24N2O4S. The molecule has 0 bridgehead atoms. The first-order valence-corrected chi connectivity index (χ1v) is 10.6. The minimum Gasteiger partial charge on any atom is -0.466 e. The van der Waals surface area contributed by atoms with E-state index in [-0.39, 0.29) is 36.0 Å². The van der Waals surface area contributed by atoms with Crippen LogP contribution in [-0.4, -0.2) is 30.1 Å². The Labute approximate surface area is 174 Å². The second kappa shape index (κ2) is 9.60. The van der Waals surface area contributed by atoms with Gasteiger partial charge in [-0.1, -0.05) is 24.3 Å². The predicted octanol–water partition coefficient (Wildman–Crippen LogP) is 4.06. The average molecular weight is 413 g/mol. The van der Waals surface area contributed by atoms with Gasteiger partial charge in [0.15, 0.2) is 0 Å². The fraction of sp³-hybridized carbons (Fsp3) is 0.318. The highest BCUT2D eigenvalue weighted by Gasteiger charge is 2.34. The summed E-state index contributed by atoms with van der Waals surface area (Å²) in [6.45, 7) is 4.05. The molecule has 3 rings (SSSR count). The van der Waals surface area contributed by atoms with Gasteiger partial charge < -0.3 is 10.1 Å². The number of carbonyl (C=O) groups is 3.